The third-order valence-corrected chi connectivity index (χ3v) is 4.52. The van der Waals surface area contributed by atoms with Gasteiger partial charge in [0.25, 0.3) is 0 Å². The van der Waals surface area contributed by atoms with Gasteiger partial charge in [0.2, 0.25) is 0 Å². The molecular formula is C14H13BrClN3. The van der Waals surface area contributed by atoms with Gasteiger partial charge in [0.15, 0.2) is 0 Å². The maximum Gasteiger partial charge on any atom is 0.143 e. The summed E-state index contributed by atoms with van der Waals surface area (Å²) in [5.41, 5.74) is 10.3. The molecule has 5 heteroatoms. The molecule has 0 fully saturated rings. The number of nitrogens with zero attached hydrogens (tertiary/aromatic N) is 1. The van der Waals surface area contributed by atoms with E-state index >= 15 is 0 Å². The second-order valence-electron chi connectivity index (χ2n) is 4.69. The van der Waals surface area contributed by atoms with Crippen molar-refractivity contribution in [1.82, 2.24) is 4.98 Å². The normalized spacial score (nSPS) is 17.3. The highest BCUT2D eigenvalue weighted by atomic mass is 79.9. The monoisotopic (exact) mass is 337 g/mol. The predicted octanol–water partition coefficient (Wildman–Crippen LogP) is 4.18. The van der Waals surface area contributed by atoms with Gasteiger partial charge in [0, 0.05) is 5.69 Å². The van der Waals surface area contributed by atoms with Crippen molar-refractivity contribution in [3.05, 3.63) is 51.2 Å². The lowest BCUT2D eigenvalue weighted by Gasteiger charge is -2.15. The summed E-state index contributed by atoms with van der Waals surface area (Å²) >= 11 is 9.28. The van der Waals surface area contributed by atoms with Crippen molar-refractivity contribution in [2.75, 3.05) is 11.1 Å². The van der Waals surface area contributed by atoms with Gasteiger partial charge in [0.1, 0.15) is 5.15 Å². The van der Waals surface area contributed by atoms with Crippen LogP contribution >= 0.6 is 27.5 Å². The molecule has 1 aliphatic carbocycles. The number of aryl methyl sites for hydroxylation is 1. The first-order chi connectivity index (χ1) is 9.13. The molecule has 1 aliphatic rings. The minimum atomic E-state index is 0.311. The van der Waals surface area contributed by atoms with E-state index in [1.54, 1.807) is 6.20 Å². The van der Waals surface area contributed by atoms with Gasteiger partial charge in [-0.05, 0) is 58.1 Å². The maximum atomic E-state index is 5.90. The van der Waals surface area contributed by atoms with Gasteiger partial charge in [-0.1, -0.05) is 17.7 Å². The fourth-order valence-electron chi connectivity index (χ4n) is 2.49. The molecule has 19 heavy (non-hydrogen) atoms. The summed E-state index contributed by atoms with van der Waals surface area (Å²) in [4.78, 5) is 4.13. The minimum absolute atomic E-state index is 0.311. The lowest BCUT2D eigenvalue weighted by atomic mass is 10.1. The number of anilines is 2. The Hall–Kier alpha value is -1.26. The SMILES string of the molecule is Nc1ccc2c(c1)CCC2Nc1cnc(Cl)c(Br)c1. The van der Waals surface area contributed by atoms with E-state index in [1.807, 2.05) is 12.1 Å². The number of aromatic nitrogens is 1. The summed E-state index contributed by atoms with van der Waals surface area (Å²) < 4.78 is 0.801. The molecule has 1 aromatic heterocycles. The third kappa shape index (κ3) is 2.55. The number of benzene rings is 1. The number of nitrogens with two attached hydrogens (primary N) is 1. The van der Waals surface area contributed by atoms with Gasteiger partial charge in [-0.3, -0.25) is 0 Å². The Balaban J connectivity index is 1.84. The van der Waals surface area contributed by atoms with Gasteiger partial charge in [-0.25, -0.2) is 4.98 Å². The fourth-order valence-corrected chi connectivity index (χ4v) is 2.94. The van der Waals surface area contributed by atoms with E-state index < -0.39 is 0 Å². The molecule has 0 aliphatic heterocycles. The Labute approximate surface area is 125 Å². The van der Waals surface area contributed by atoms with Crippen molar-refractivity contribution >= 4 is 38.9 Å². The molecule has 0 bridgehead atoms. The number of nitrogen functional groups attached to an aromatic ring is 1. The minimum Gasteiger partial charge on any atom is -0.399 e. The Morgan fingerprint density at radius 3 is 3.00 bits per heavy atom. The van der Waals surface area contributed by atoms with E-state index in [0.717, 1.165) is 28.7 Å². The van der Waals surface area contributed by atoms with Crippen LogP contribution in [0, 0.1) is 0 Å². The van der Waals surface area contributed by atoms with Crippen LogP contribution in [0.25, 0.3) is 0 Å². The van der Waals surface area contributed by atoms with Crippen molar-refractivity contribution in [3.8, 4) is 0 Å². The molecule has 0 saturated heterocycles. The first-order valence-corrected chi connectivity index (χ1v) is 7.26. The number of nitrogens with one attached hydrogen (secondary N) is 1. The number of halogens is 2. The molecule has 1 aromatic carbocycles. The Kier molecular flexibility index (Phi) is 3.37. The lowest BCUT2D eigenvalue weighted by Crippen LogP contribution is -2.07. The second kappa shape index (κ2) is 5.02. The van der Waals surface area contributed by atoms with Crippen LogP contribution in [0.5, 0.6) is 0 Å². The average Bonchev–Trinajstić information content (AvgIpc) is 2.76. The zero-order valence-electron chi connectivity index (χ0n) is 10.2. The molecule has 0 radical (unpaired) electrons. The molecule has 0 saturated carbocycles. The summed E-state index contributed by atoms with van der Waals surface area (Å²) in [6.45, 7) is 0. The van der Waals surface area contributed by atoms with Crippen molar-refractivity contribution in [2.24, 2.45) is 0 Å². The van der Waals surface area contributed by atoms with E-state index in [-0.39, 0.29) is 0 Å². The molecule has 3 nitrogen and oxygen atoms in total. The Bertz CT molecular complexity index is 630. The molecule has 1 atom stereocenters. The van der Waals surface area contributed by atoms with Crippen LogP contribution in [0.15, 0.2) is 34.9 Å². The van der Waals surface area contributed by atoms with E-state index in [0.29, 0.717) is 11.2 Å². The van der Waals surface area contributed by atoms with Crippen molar-refractivity contribution in [3.63, 3.8) is 0 Å². The van der Waals surface area contributed by atoms with Crippen LogP contribution < -0.4 is 11.1 Å². The second-order valence-corrected chi connectivity index (χ2v) is 5.90. The molecule has 0 spiro atoms. The van der Waals surface area contributed by atoms with E-state index in [4.69, 9.17) is 17.3 Å². The van der Waals surface area contributed by atoms with Crippen LogP contribution in [0.4, 0.5) is 11.4 Å². The number of hydrogen-bond donors (Lipinski definition) is 2. The number of hydrogen-bond acceptors (Lipinski definition) is 3. The summed E-state index contributed by atoms with van der Waals surface area (Å²) in [5.74, 6) is 0. The quantitative estimate of drug-likeness (QED) is 0.638. The standard InChI is InChI=1S/C14H13BrClN3/c15-12-6-10(7-18-14(12)16)19-13-4-1-8-5-9(17)2-3-11(8)13/h2-3,5-7,13,19H,1,4,17H2. The topological polar surface area (TPSA) is 50.9 Å². The van der Waals surface area contributed by atoms with E-state index in [2.05, 4.69) is 38.4 Å². The van der Waals surface area contributed by atoms with Gasteiger partial charge in [-0.15, -0.1) is 0 Å². The third-order valence-electron chi connectivity index (χ3n) is 3.38. The summed E-state index contributed by atoms with van der Waals surface area (Å²) in [6.07, 6.45) is 3.88. The molecule has 3 N–H and O–H groups in total. The zero-order chi connectivity index (χ0) is 13.4. The maximum absolute atomic E-state index is 5.90. The number of pyridine rings is 1. The largest absolute Gasteiger partial charge is 0.399 e. The van der Waals surface area contributed by atoms with E-state index in [1.165, 1.54) is 11.1 Å². The Morgan fingerprint density at radius 1 is 1.37 bits per heavy atom. The first kappa shape index (κ1) is 12.8. The van der Waals surface area contributed by atoms with Gasteiger partial charge in [-0.2, -0.15) is 0 Å². The summed E-state index contributed by atoms with van der Waals surface area (Å²) in [7, 11) is 0. The molecule has 1 heterocycles. The van der Waals surface area contributed by atoms with Crippen LogP contribution in [0.3, 0.4) is 0 Å². The van der Waals surface area contributed by atoms with Crippen LogP contribution in [-0.4, -0.2) is 4.98 Å². The Morgan fingerprint density at radius 2 is 2.21 bits per heavy atom. The highest BCUT2D eigenvalue weighted by Crippen LogP contribution is 2.35. The van der Waals surface area contributed by atoms with Gasteiger partial charge in [0.05, 0.1) is 22.4 Å². The highest BCUT2D eigenvalue weighted by Gasteiger charge is 2.22. The molecule has 2 aromatic rings. The van der Waals surface area contributed by atoms with Crippen LogP contribution in [-0.2, 0) is 6.42 Å². The van der Waals surface area contributed by atoms with Crippen LogP contribution in [0.1, 0.15) is 23.6 Å². The van der Waals surface area contributed by atoms with Crippen molar-refractivity contribution in [2.45, 2.75) is 18.9 Å². The average molecular weight is 339 g/mol. The summed E-state index contributed by atoms with van der Waals surface area (Å²) in [5, 5.41) is 3.97. The van der Waals surface area contributed by atoms with Crippen LogP contribution in [0.2, 0.25) is 5.15 Å². The first-order valence-electron chi connectivity index (χ1n) is 6.09. The summed E-state index contributed by atoms with van der Waals surface area (Å²) in [6, 6.07) is 8.38. The molecule has 1 unspecified atom stereocenters. The van der Waals surface area contributed by atoms with Gasteiger partial charge < -0.3 is 11.1 Å². The zero-order valence-corrected chi connectivity index (χ0v) is 12.5. The number of fused-ring (bicyclic) bond motifs is 1. The van der Waals surface area contributed by atoms with Crippen molar-refractivity contribution in [1.29, 1.82) is 0 Å². The molecule has 0 amide bonds. The lowest BCUT2D eigenvalue weighted by molar-refractivity contribution is 0.761. The van der Waals surface area contributed by atoms with E-state index in [9.17, 15) is 0 Å². The molecule has 98 valence electrons. The highest BCUT2D eigenvalue weighted by molar-refractivity contribution is 9.10. The predicted molar refractivity (Wildman–Crippen MR) is 82.5 cm³/mol. The number of rotatable bonds is 2. The fraction of sp³-hybridized carbons (Fsp3) is 0.214. The molecular weight excluding hydrogens is 326 g/mol. The molecule has 3 rings (SSSR count). The van der Waals surface area contributed by atoms with Gasteiger partial charge >= 0.3 is 0 Å². The smallest absolute Gasteiger partial charge is 0.143 e. The van der Waals surface area contributed by atoms with Crippen molar-refractivity contribution < 1.29 is 0 Å².